The number of hydrogen-bond donors (Lipinski definition) is 1. The van der Waals surface area contributed by atoms with E-state index in [1.54, 1.807) is 12.1 Å². The second kappa shape index (κ2) is 6.37. The van der Waals surface area contributed by atoms with Crippen molar-refractivity contribution in [2.75, 3.05) is 26.9 Å². The summed E-state index contributed by atoms with van der Waals surface area (Å²) in [4.78, 5) is 25.5. The molecule has 0 saturated carbocycles. The van der Waals surface area contributed by atoms with Crippen molar-refractivity contribution < 1.29 is 28.9 Å². The molecule has 1 aromatic rings. The van der Waals surface area contributed by atoms with Crippen LogP contribution in [-0.2, 0) is 9.53 Å². The molecule has 3 rings (SSSR count). The van der Waals surface area contributed by atoms with Crippen molar-refractivity contribution in [2.24, 2.45) is 0 Å². The Hall–Kier alpha value is -1.80. The molecule has 2 heterocycles. The summed E-state index contributed by atoms with van der Waals surface area (Å²) in [5.41, 5.74) is 0.351. The van der Waals surface area contributed by atoms with Crippen LogP contribution in [0.25, 0.3) is 0 Å². The van der Waals surface area contributed by atoms with Crippen molar-refractivity contribution in [3.05, 3.63) is 22.2 Å². The molecule has 124 valence electrons. The van der Waals surface area contributed by atoms with E-state index in [2.05, 4.69) is 15.9 Å². The van der Waals surface area contributed by atoms with Gasteiger partial charge in [0.25, 0.3) is 5.91 Å². The van der Waals surface area contributed by atoms with Crippen molar-refractivity contribution in [3.63, 3.8) is 0 Å². The molecule has 0 spiro atoms. The number of carboxylic acids is 1. The molecule has 1 saturated heterocycles. The lowest BCUT2D eigenvalue weighted by molar-refractivity contribution is -0.141. The fourth-order valence-electron chi connectivity index (χ4n) is 2.83. The molecule has 2 aliphatic rings. The maximum absolute atomic E-state index is 12.8. The molecule has 0 radical (unpaired) electrons. The number of likely N-dealkylation sites (tertiary alicyclic amines) is 1. The molecule has 1 amide bonds. The number of nitrogens with zero attached hydrogens (tertiary/aromatic N) is 1. The lowest BCUT2D eigenvalue weighted by Gasteiger charge is -2.24. The molecule has 1 fully saturated rings. The molecular formula is C15H16BrNO6. The maximum atomic E-state index is 12.8. The van der Waals surface area contributed by atoms with Crippen molar-refractivity contribution in [1.82, 2.24) is 4.90 Å². The summed E-state index contributed by atoms with van der Waals surface area (Å²) in [6.45, 7) is 1.10. The number of carbonyl (C=O) groups excluding carboxylic acids is 1. The van der Waals surface area contributed by atoms with Gasteiger partial charge in [0.15, 0.2) is 11.5 Å². The predicted octanol–water partition coefficient (Wildman–Crippen LogP) is 1.53. The second-order valence-corrected chi connectivity index (χ2v) is 6.24. The largest absolute Gasteiger partial charge is 0.486 e. The summed E-state index contributed by atoms with van der Waals surface area (Å²) in [5, 5.41) is 9.34. The van der Waals surface area contributed by atoms with Crippen LogP contribution in [0.4, 0.5) is 0 Å². The van der Waals surface area contributed by atoms with Crippen LogP contribution in [0, 0.1) is 0 Å². The highest BCUT2D eigenvalue weighted by atomic mass is 79.9. The average molecular weight is 386 g/mol. The van der Waals surface area contributed by atoms with Gasteiger partial charge in [-0.2, -0.15) is 0 Å². The van der Waals surface area contributed by atoms with E-state index in [0.29, 0.717) is 34.7 Å². The van der Waals surface area contributed by atoms with Crippen LogP contribution in [0.1, 0.15) is 16.8 Å². The number of methoxy groups -OCH3 is 1. The summed E-state index contributed by atoms with van der Waals surface area (Å²) < 4.78 is 16.8. The van der Waals surface area contributed by atoms with Gasteiger partial charge in [-0.15, -0.1) is 0 Å². The number of aliphatic carboxylic acids is 1. The molecule has 0 bridgehead atoms. The molecule has 0 aromatic heterocycles. The first-order valence-corrected chi connectivity index (χ1v) is 7.96. The topological polar surface area (TPSA) is 85.3 Å². The number of carbonyl (C=O) groups is 2. The number of fused-ring (bicyclic) bond motifs is 1. The summed E-state index contributed by atoms with van der Waals surface area (Å²) in [7, 11) is 1.51. The Kier molecular flexibility index (Phi) is 4.45. The van der Waals surface area contributed by atoms with E-state index in [0.717, 1.165) is 0 Å². The zero-order chi connectivity index (χ0) is 16.6. The van der Waals surface area contributed by atoms with E-state index in [9.17, 15) is 14.7 Å². The second-order valence-electron chi connectivity index (χ2n) is 5.39. The Morgan fingerprint density at radius 3 is 2.78 bits per heavy atom. The fourth-order valence-corrected chi connectivity index (χ4v) is 3.38. The van der Waals surface area contributed by atoms with Crippen LogP contribution in [0.5, 0.6) is 11.5 Å². The SMILES string of the molecule is COC1CC(C(=O)O)N(C(=O)c2cc(Br)c3c(c2)OCCO3)C1. The molecule has 7 nitrogen and oxygen atoms in total. The summed E-state index contributed by atoms with van der Waals surface area (Å²) >= 11 is 3.36. The van der Waals surface area contributed by atoms with Crippen molar-refractivity contribution in [1.29, 1.82) is 0 Å². The zero-order valence-corrected chi connectivity index (χ0v) is 14.0. The minimum absolute atomic E-state index is 0.248. The molecule has 2 aliphatic heterocycles. The Balaban J connectivity index is 1.90. The highest BCUT2D eigenvalue weighted by Gasteiger charge is 2.40. The monoisotopic (exact) mass is 385 g/mol. The molecule has 23 heavy (non-hydrogen) atoms. The van der Waals surface area contributed by atoms with Crippen LogP contribution in [0.15, 0.2) is 16.6 Å². The third-order valence-corrected chi connectivity index (χ3v) is 4.57. The standard InChI is InChI=1S/C15H16BrNO6/c1-21-9-6-11(15(19)20)17(7-9)14(18)8-4-10(16)13-12(5-8)22-2-3-23-13/h4-5,9,11H,2-3,6-7H2,1H3,(H,19,20). The average Bonchev–Trinajstić information content (AvgIpc) is 2.99. The first-order valence-electron chi connectivity index (χ1n) is 7.17. The highest BCUT2D eigenvalue weighted by Crippen LogP contribution is 2.39. The lowest BCUT2D eigenvalue weighted by Crippen LogP contribution is -2.40. The smallest absolute Gasteiger partial charge is 0.326 e. The molecule has 2 unspecified atom stereocenters. The van der Waals surface area contributed by atoms with E-state index in [-0.39, 0.29) is 25.0 Å². The zero-order valence-electron chi connectivity index (χ0n) is 12.5. The first-order chi connectivity index (χ1) is 11.0. The number of carboxylic acid groups (broad SMARTS) is 1. The van der Waals surface area contributed by atoms with Crippen molar-refractivity contribution >= 4 is 27.8 Å². The summed E-state index contributed by atoms with van der Waals surface area (Å²) in [5.74, 6) is -0.369. The molecule has 1 aromatic carbocycles. The van der Waals surface area contributed by atoms with Gasteiger partial charge >= 0.3 is 5.97 Å². The lowest BCUT2D eigenvalue weighted by atomic mass is 10.1. The Bertz CT molecular complexity index is 649. The van der Waals surface area contributed by atoms with E-state index in [4.69, 9.17) is 14.2 Å². The van der Waals surface area contributed by atoms with Gasteiger partial charge in [-0.05, 0) is 28.1 Å². The summed E-state index contributed by atoms with van der Waals surface area (Å²) in [6, 6.07) is 2.31. The van der Waals surface area contributed by atoms with Crippen LogP contribution >= 0.6 is 15.9 Å². The number of ether oxygens (including phenoxy) is 3. The number of hydrogen-bond acceptors (Lipinski definition) is 5. The van der Waals surface area contributed by atoms with Crippen molar-refractivity contribution in [3.8, 4) is 11.5 Å². The van der Waals surface area contributed by atoms with Gasteiger partial charge in [0.05, 0.1) is 10.6 Å². The Morgan fingerprint density at radius 2 is 2.09 bits per heavy atom. The van der Waals surface area contributed by atoms with Gasteiger partial charge in [-0.1, -0.05) is 0 Å². The highest BCUT2D eigenvalue weighted by molar-refractivity contribution is 9.10. The first kappa shape index (κ1) is 16.1. The molecule has 1 N–H and O–H groups in total. The Labute approximate surface area is 141 Å². The third kappa shape index (κ3) is 3.00. The van der Waals surface area contributed by atoms with Gasteiger partial charge in [-0.25, -0.2) is 4.79 Å². The number of benzene rings is 1. The van der Waals surface area contributed by atoms with Gasteiger partial charge in [0.2, 0.25) is 0 Å². The van der Waals surface area contributed by atoms with E-state index < -0.39 is 12.0 Å². The third-order valence-electron chi connectivity index (χ3n) is 3.99. The van der Waals surface area contributed by atoms with E-state index in [1.807, 2.05) is 0 Å². The van der Waals surface area contributed by atoms with Gasteiger partial charge in [0, 0.05) is 25.6 Å². The van der Waals surface area contributed by atoms with E-state index >= 15 is 0 Å². The fraction of sp³-hybridized carbons (Fsp3) is 0.467. The van der Waals surface area contributed by atoms with Gasteiger partial charge < -0.3 is 24.2 Å². The quantitative estimate of drug-likeness (QED) is 0.848. The minimum atomic E-state index is -1.03. The Morgan fingerprint density at radius 1 is 1.35 bits per heavy atom. The molecule has 8 heteroatoms. The van der Waals surface area contributed by atoms with Crippen LogP contribution in [-0.4, -0.2) is 60.9 Å². The van der Waals surface area contributed by atoms with Crippen LogP contribution in [0.3, 0.4) is 0 Å². The number of rotatable bonds is 3. The maximum Gasteiger partial charge on any atom is 0.326 e. The molecular weight excluding hydrogens is 370 g/mol. The molecule has 0 aliphatic carbocycles. The molecule has 2 atom stereocenters. The van der Waals surface area contributed by atoms with E-state index in [1.165, 1.54) is 12.0 Å². The van der Waals surface area contributed by atoms with Crippen molar-refractivity contribution in [2.45, 2.75) is 18.6 Å². The van der Waals surface area contributed by atoms with Gasteiger partial charge in [0.1, 0.15) is 19.3 Å². The predicted molar refractivity (Wildman–Crippen MR) is 83.0 cm³/mol. The minimum Gasteiger partial charge on any atom is -0.486 e. The van der Waals surface area contributed by atoms with Crippen LogP contribution in [0.2, 0.25) is 0 Å². The normalized spacial score (nSPS) is 23.0. The number of halogens is 1. The van der Waals surface area contributed by atoms with Gasteiger partial charge in [-0.3, -0.25) is 4.79 Å². The van der Waals surface area contributed by atoms with Crippen LogP contribution < -0.4 is 9.47 Å². The number of amides is 1. The summed E-state index contributed by atoms with van der Waals surface area (Å²) in [6.07, 6.45) is 0.00392.